The third kappa shape index (κ3) is 3.52. The van der Waals surface area contributed by atoms with Crippen molar-refractivity contribution in [1.29, 1.82) is 0 Å². The molecule has 0 aliphatic rings. The van der Waals surface area contributed by atoms with Gasteiger partial charge in [0.1, 0.15) is 6.61 Å². The lowest BCUT2D eigenvalue weighted by Gasteiger charge is -2.07. The molecule has 0 saturated heterocycles. The van der Waals surface area contributed by atoms with E-state index in [1.807, 2.05) is 0 Å². The third-order valence-corrected chi connectivity index (χ3v) is 2.55. The van der Waals surface area contributed by atoms with Crippen LogP contribution in [-0.4, -0.2) is 26.3 Å². The van der Waals surface area contributed by atoms with Crippen molar-refractivity contribution < 1.29 is 14.3 Å². The Morgan fingerprint density at radius 3 is 2.25 bits per heavy atom. The van der Waals surface area contributed by atoms with E-state index in [0.29, 0.717) is 11.6 Å². The van der Waals surface area contributed by atoms with Crippen LogP contribution in [0.25, 0.3) is 0 Å². The van der Waals surface area contributed by atoms with Crippen molar-refractivity contribution in [3.05, 3.63) is 32.8 Å². The van der Waals surface area contributed by atoms with Gasteiger partial charge in [0.25, 0.3) is 0 Å². The van der Waals surface area contributed by atoms with Crippen LogP contribution < -0.4 is 0 Å². The summed E-state index contributed by atoms with van der Waals surface area (Å²) in [5, 5.41) is 0.697. The summed E-state index contributed by atoms with van der Waals surface area (Å²) in [7, 11) is 1.51. The number of carbonyl (C=O) groups excluding carboxylic acids is 1. The number of esters is 1. The monoisotopic (exact) mass is 282 g/mol. The fourth-order valence-electron chi connectivity index (χ4n) is 1.03. The number of carbonyl (C=O) groups is 1. The quantitative estimate of drug-likeness (QED) is 0.627. The number of rotatable bonds is 4. The van der Waals surface area contributed by atoms with Crippen LogP contribution in [0, 0.1) is 0 Å². The van der Waals surface area contributed by atoms with Crippen molar-refractivity contribution in [1.82, 2.24) is 0 Å². The van der Waals surface area contributed by atoms with Crippen molar-refractivity contribution in [2.24, 2.45) is 0 Å². The van der Waals surface area contributed by atoms with Gasteiger partial charge in [-0.05, 0) is 12.1 Å². The average Bonchev–Trinajstić information content (AvgIpc) is 2.16. The molecule has 1 aromatic carbocycles. The predicted molar refractivity (Wildman–Crippen MR) is 63.6 cm³/mol. The molecule has 0 fully saturated rings. The summed E-state index contributed by atoms with van der Waals surface area (Å²) in [5.41, 5.74) is 0.115. The Morgan fingerprint density at radius 2 is 1.75 bits per heavy atom. The summed E-state index contributed by atoms with van der Waals surface area (Å²) in [5.74, 6) is -0.594. The van der Waals surface area contributed by atoms with E-state index in [1.165, 1.54) is 19.2 Å². The maximum atomic E-state index is 11.6. The van der Waals surface area contributed by atoms with Gasteiger partial charge in [-0.25, -0.2) is 4.79 Å². The van der Waals surface area contributed by atoms with Crippen LogP contribution in [0.5, 0.6) is 0 Å². The van der Waals surface area contributed by atoms with Gasteiger partial charge in [0, 0.05) is 12.1 Å². The van der Waals surface area contributed by atoms with E-state index in [9.17, 15) is 4.79 Å². The molecule has 1 aromatic rings. The molecule has 0 aliphatic carbocycles. The van der Waals surface area contributed by atoms with E-state index < -0.39 is 5.97 Å². The molecule has 0 atom stereocenters. The molecule has 0 N–H and O–H groups in total. The van der Waals surface area contributed by atoms with E-state index in [-0.39, 0.29) is 22.2 Å². The fourth-order valence-corrected chi connectivity index (χ4v) is 2.00. The molecular weight excluding hydrogens is 274 g/mol. The first-order valence-corrected chi connectivity index (χ1v) is 5.50. The number of hydrogen-bond acceptors (Lipinski definition) is 3. The minimum atomic E-state index is -0.594. The molecule has 0 spiro atoms. The van der Waals surface area contributed by atoms with Gasteiger partial charge < -0.3 is 9.47 Å². The van der Waals surface area contributed by atoms with E-state index >= 15 is 0 Å². The van der Waals surface area contributed by atoms with Crippen LogP contribution in [0.3, 0.4) is 0 Å². The van der Waals surface area contributed by atoms with E-state index in [4.69, 9.17) is 44.3 Å². The molecule has 0 radical (unpaired) electrons. The number of methoxy groups -OCH3 is 1. The molecule has 16 heavy (non-hydrogen) atoms. The van der Waals surface area contributed by atoms with Gasteiger partial charge in [-0.2, -0.15) is 0 Å². The van der Waals surface area contributed by atoms with Crippen LogP contribution in [-0.2, 0) is 9.47 Å². The molecule has 3 nitrogen and oxygen atoms in total. The SMILES string of the molecule is COCCOC(=O)c1c(Cl)cc(Cl)cc1Cl. The molecule has 1 rings (SSSR count). The number of hydrogen-bond donors (Lipinski definition) is 0. The molecule has 0 unspecified atom stereocenters. The van der Waals surface area contributed by atoms with Crippen molar-refractivity contribution in [3.8, 4) is 0 Å². The maximum Gasteiger partial charge on any atom is 0.341 e. The minimum absolute atomic E-state index is 0.115. The Kier molecular flexibility index (Phi) is 5.35. The largest absolute Gasteiger partial charge is 0.460 e. The zero-order valence-electron chi connectivity index (χ0n) is 8.43. The lowest BCUT2D eigenvalue weighted by atomic mass is 10.2. The highest BCUT2D eigenvalue weighted by molar-refractivity contribution is 6.41. The first-order chi connectivity index (χ1) is 7.56. The zero-order chi connectivity index (χ0) is 12.1. The highest BCUT2D eigenvalue weighted by Gasteiger charge is 2.17. The third-order valence-electron chi connectivity index (χ3n) is 1.73. The molecular formula is C10H9Cl3O3. The molecule has 0 amide bonds. The highest BCUT2D eigenvalue weighted by Crippen LogP contribution is 2.29. The molecule has 0 saturated carbocycles. The Morgan fingerprint density at radius 1 is 1.19 bits per heavy atom. The second kappa shape index (κ2) is 6.30. The Labute approximate surface area is 108 Å². The highest BCUT2D eigenvalue weighted by atomic mass is 35.5. The lowest BCUT2D eigenvalue weighted by molar-refractivity contribution is 0.0388. The summed E-state index contributed by atoms with van der Waals surface area (Å²) >= 11 is 17.4. The van der Waals surface area contributed by atoms with Crippen LogP contribution in [0.15, 0.2) is 12.1 Å². The van der Waals surface area contributed by atoms with Gasteiger partial charge in [0.15, 0.2) is 0 Å². The van der Waals surface area contributed by atoms with Gasteiger partial charge in [-0.15, -0.1) is 0 Å². The molecule has 6 heteroatoms. The van der Waals surface area contributed by atoms with Gasteiger partial charge in [-0.1, -0.05) is 34.8 Å². The smallest absolute Gasteiger partial charge is 0.341 e. The van der Waals surface area contributed by atoms with Gasteiger partial charge in [-0.3, -0.25) is 0 Å². The van der Waals surface area contributed by atoms with E-state index in [0.717, 1.165) is 0 Å². The van der Waals surface area contributed by atoms with Gasteiger partial charge in [0.2, 0.25) is 0 Å². The topological polar surface area (TPSA) is 35.5 Å². The Hall–Kier alpha value is -0.480. The van der Waals surface area contributed by atoms with Crippen LogP contribution in [0.1, 0.15) is 10.4 Å². The van der Waals surface area contributed by atoms with Gasteiger partial charge >= 0.3 is 5.97 Å². The van der Waals surface area contributed by atoms with Crippen molar-refractivity contribution in [2.45, 2.75) is 0 Å². The molecule has 88 valence electrons. The predicted octanol–water partition coefficient (Wildman–Crippen LogP) is 3.45. The zero-order valence-corrected chi connectivity index (χ0v) is 10.7. The number of benzene rings is 1. The molecule has 0 aromatic heterocycles. The second-order valence-electron chi connectivity index (χ2n) is 2.87. The Balaban J connectivity index is 2.83. The summed E-state index contributed by atoms with van der Waals surface area (Å²) in [6.45, 7) is 0.458. The fraction of sp³-hybridized carbons (Fsp3) is 0.300. The molecule has 0 bridgehead atoms. The molecule has 0 heterocycles. The average molecular weight is 284 g/mol. The van der Waals surface area contributed by atoms with E-state index in [1.54, 1.807) is 0 Å². The van der Waals surface area contributed by atoms with Crippen LogP contribution in [0.4, 0.5) is 0 Å². The number of ether oxygens (including phenoxy) is 2. The van der Waals surface area contributed by atoms with Gasteiger partial charge in [0.05, 0.1) is 22.2 Å². The first-order valence-electron chi connectivity index (χ1n) is 4.37. The summed E-state index contributed by atoms with van der Waals surface area (Å²) in [6.07, 6.45) is 0. The Bertz CT molecular complexity index is 370. The van der Waals surface area contributed by atoms with Crippen molar-refractivity contribution in [3.63, 3.8) is 0 Å². The second-order valence-corrected chi connectivity index (χ2v) is 4.12. The standard InChI is InChI=1S/C10H9Cl3O3/c1-15-2-3-16-10(14)9-7(12)4-6(11)5-8(9)13/h4-5H,2-3H2,1H3. The lowest BCUT2D eigenvalue weighted by Crippen LogP contribution is -2.11. The van der Waals surface area contributed by atoms with Crippen molar-refractivity contribution >= 4 is 40.8 Å². The van der Waals surface area contributed by atoms with Crippen LogP contribution >= 0.6 is 34.8 Å². The molecule has 0 aliphatic heterocycles. The first kappa shape index (κ1) is 13.6. The summed E-state index contributed by atoms with van der Waals surface area (Å²) < 4.78 is 9.64. The maximum absolute atomic E-state index is 11.6. The van der Waals surface area contributed by atoms with E-state index in [2.05, 4.69) is 0 Å². The summed E-state index contributed by atoms with van der Waals surface area (Å²) in [4.78, 5) is 11.6. The minimum Gasteiger partial charge on any atom is -0.460 e. The van der Waals surface area contributed by atoms with Crippen molar-refractivity contribution in [2.75, 3.05) is 20.3 Å². The summed E-state index contributed by atoms with van der Waals surface area (Å²) in [6, 6.07) is 2.86. The number of halogens is 3. The van der Waals surface area contributed by atoms with Crippen LogP contribution in [0.2, 0.25) is 15.1 Å². The normalized spacial score (nSPS) is 10.2.